The summed E-state index contributed by atoms with van der Waals surface area (Å²) in [5, 5.41) is 7.32. The second-order valence-corrected chi connectivity index (χ2v) is 13.6. The van der Waals surface area contributed by atoms with Gasteiger partial charge in [-0.2, -0.15) is 0 Å². The molecule has 230 valence electrons. The van der Waals surface area contributed by atoms with Gasteiger partial charge in [0.1, 0.15) is 11.2 Å². The van der Waals surface area contributed by atoms with Crippen molar-refractivity contribution >= 4 is 81.3 Å². The van der Waals surface area contributed by atoms with E-state index in [1.807, 2.05) is 17.4 Å². The first-order chi connectivity index (χ1) is 24.3. The van der Waals surface area contributed by atoms with Crippen molar-refractivity contribution in [2.45, 2.75) is 0 Å². The van der Waals surface area contributed by atoms with Gasteiger partial charge in [0.05, 0.1) is 16.8 Å². The van der Waals surface area contributed by atoms with Gasteiger partial charge in [-0.3, -0.25) is 0 Å². The van der Waals surface area contributed by atoms with Crippen LogP contribution in [0.4, 0.5) is 17.1 Å². The fourth-order valence-electron chi connectivity index (χ4n) is 7.33. The summed E-state index contributed by atoms with van der Waals surface area (Å²) in [4.78, 5) is 2.40. The predicted octanol–water partition coefficient (Wildman–Crippen LogP) is 13.9. The zero-order chi connectivity index (χ0) is 32.3. The molecular weight excluding hydrogens is 615 g/mol. The molecule has 0 radical (unpaired) electrons. The Morgan fingerprint density at radius 2 is 1.08 bits per heavy atom. The number of hydrogen-bond donors (Lipinski definition) is 0. The SMILES string of the molecule is c1ccc(N(c2ccc(-c3ccc4ccccc4c3)cc2)c2cccc3oc4ccccc4c23)c(-c2ccc3c(c2)sc2ccccc23)c1. The highest BCUT2D eigenvalue weighted by molar-refractivity contribution is 7.25. The van der Waals surface area contributed by atoms with Crippen molar-refractivity contribution in [3.8, 4) is 22.3 Å². The molecule has 2 aromatic heterocycles. The number of anilines is 3. The number of nitrogens with zero attached hydrogens (tertiary/aromatic N) is 1. The number of furan rings is 1. The molecule has 0 N–H and O–H groups in total. The highest BCUT2D eigenvalue weighted by Crippen LogP contribution is 2.47. The molecule has 0 fully saturated rings. The third-order valence-electron chi connectivity index (χ3n) is 9.66. The third-order valence-corrected chi connectivity index (χ3v) is 10.8. The maximum Gasteiger partial charge on any atom is 0.137 e. The van der Waals surface area contributed by atoms with E-state index in [1.54, 1.807) is 0 Å². The second-order valence-electron chi connectivity index (χ2n) is 12.5. The molecule has 3 heteroatoms. The lowest BCUT2D eigenvalue weighted by Gasteiger charge is -2.28. The Morgan fingerprint density at radius 1 is 0.408 bits per heavy atom. The van der Waals surface area contributed by atoms with Crippen LogP contribution in [0.2, 0.25) is 0 Å². The van der Waals surface area contributed by atoms with E-state index in [9.17, 15) is 0 Å². The minimum Gasteiger partial charge on any atom is -0.456 e. The van der Waals surface area contributed by atoms with Gasteiger partial charge in [-0.05, 0) is 82.1 Å². The first kappa shape index (κ1) is 27.9. The molecule has 0 saturated carbocycles. The Bertz CT molecular complexity index is 2840. The van der Waals surface area contributed by atoms with Crippen LogP contribution in [0.1, 0.15) is 0 Å². The highest BCUT2D eigenvalue weighted by atomic mass is 32.1. The quantitative estimate of drug-likeness (QED) is 0.186. The molecule has 8 aromatic carbocycles. The minimum absolute atomic E-state index is 0.876. The maximum absolute atomic E-state index is 6.39. The van der Waals surface area contributed by atoms with Crippen molar-refractivity contribution in [1.82, 2.24) is 0 Å². The smallest absolute Gasteiger partial charge is 0.137 e. The number of hydrogen-bond acceptors (Lipinski definition) is 3. The Morgan fingerprint density at radius 3 is 2.00 bits per heavy atom. The topological polar surface area (TPSA) is 16.4 Å². The van der Waals surface area contributed by atoms with E-state index in [0.717, 1.165) is 39.0 Å². The molecule has 10 aromatic rings. The summed E-state index contributed by atoms with van der Waals surface area (Å²) in [6.45, 7) is 0. The molecule has 49 heavy (non-hydrogen) atoms. The van der Waals surface area contributed by atoms with Crippen molar-refractivity contribution in [2.24, 2.45) is 0 Å². The number of fused-ring (bicyclic) bond motifs is 7. The summed E-state index contributed by atoms with van der Waals surface area (Å²) in [6.07, 6.45) is 0. The standard InChI is InChI=1S/C46H29NOS/c1-2-11-32-28-33(21-20-30(32)10-1)31-22-25-35(26-23-31)47(41-16-9-18-43-46(41)39-14-4-7-17-42(39)48-43)40-15-6-3-12-36(40)34-24-27-38-37-13-5-8-19-44(37)49-45(38)29-34/h1-29H. The van der Waals surface area contributed by atoms with Crippen LogP contribution in [-0.4, -0.2) is 0 Å². The van der Waals surface area contributed by atoms with E-state index in [0.29, 0.717) is 0 Å². The fourth-order valence-corrected chi connectivity index (χ4v) is 8.47. The van der Waals surface area contributed by atoms with Crippen molar-refractivity contribution < 1.29 is 4.42 Å². The van der Waals surface area contributed by atoms with Crippen molar-refractivity contribution in [2.75, 3.05) is 4.90 Å². The zero-order valence-corrected chi connectivity index (χ0v) is 27.3. The number of para-hydroxylation sites is 2. The van der Waals surface area contributed by atoms with Crippen LogP contribution in [0.5, 0.6) is 0 Å². The number of benzene rings is 8. The highest BCUT2D eigenvalue weighted by Gasteiger charge is 2.22. The van der Waals surface area contributed by atoms with E-state index in [4.69, 9.17) is 4.42 Å². The van der Waals surface area contributed by atoms with Crippen LogP contribution in [0, 0.1) is 0 Å². The van der Waals surface area contributed by atoms with Gasteiger partial charge in [0.2, 0.25) is 0 Å². The van der Waals surface area contributed by atoms with Crippen LogP contribution < -0.4 is 4.90 Å². The predicted molar refractivity (Wildman–Crippen MR) is 210 cm³/mol. The van der Waals surface area contributed by atoms with Crippen molar-refractivity contribution in [1.29, 1.82) is 0 Å². The van der Waals surface area contributed by atoms with Gasteiger partial charge in [-0.25, -0.2) is 0 Å². The van der Waals surface area contributed by atoms with E-state index >= 15 is 0 Å². The third kappa shape index (κ3) is 4.62. The molecule has 0 saturated heterocycles. The summed E-state index contributed by atoms with van der Waals surface area (Å²) >= 11 is 1.86. The summed E-state index contributed by atoms with van der Waals surface area (Å²) in [5.41, 5.74) is 9.79. The van der Waals surface area contributed by atoms with Crippen LogP contribution in [0.25, 0.3) is 75.1 Å². The van der Waals surface area contributed by atoms with Gasteiger partial charge in [0.25, 0.3) is 0 Å². The van der Waals surface area contributed by atoms with Crippen LogP contribution in [0.15, 0.2) is 180 Å². The lowest BCUT2D eigenvalue weighted by Crippen LogP contribution is -2.11. The van der Waals surface area contributed by atoms with Gasteiger partial charge in [0, 0.05) is 36.8 Å². The molecule has 0 atom stereocenters. The molecule has 0 amide bonds. The van der Waals surface area contributed by atoms with Crippen molar-refractivity contribution in [3.63, 3.8) is 0 Å². The Labute approximate surface area is 287 Å². The number of thiophene rings is 1. The van der Waals surface area contributed by atoms with Gasteiger partial charge >= 0.3 is 0 Å². The Balaban J connectivity index is 1.18. The van der Waals surface area contributed by atoms with Crippen LogP contribution in [0.3, 0.4) is 0 Å². The molecule has 0 unspecified atom stereocenters. The first-order valence-electron chi connectivity index (χ1n) is 16.6. The molecule has 0 aliphatic rings. The van der Waals surface area contributed by atoms with Crippen LogP contribution >= 0.6 is 11.3 Å². The monoisotopic (exact) mass is 643 g/mol. The molecule has 2 nitrogen and oxygen atoms in total. The van der Waals surface area contributed by atoms with E-state index in [1.165, 1.54) is 53.2 Å². The first-order valence-corrected chi connectivity index (χ1v) is 17.4. The molecule has 0 aliphatic carbocycles. The Hall–Kier alpha value is -6.16. The zero-order valence-electron chi connectivity index (χ0n) is 26.5. The minimum atomic E-state index is 0.876. The Kier molecular flexibility index (Phi) is 6.39. The summed E-state index contributed by atoms with van der Waals surface area (Å²) < 4.78 is 9.00. The molecule has 2 heterocycles. The average Bonchev–Trinajstić information content (AvgIpc) is 3.74. The molecule has 0 spiro atoms. The molecular formula is C46H29NOS. The maximum atomic E-state index is 6.39. The van der Waals surface area contributed by atoms with Gasteiger partial charge < -0.3 is 9.32 Å². The van der Waals surface area contributed by atoms with E-state index in [2.05, 4.69) is 175 Å². The number of rotatable bonds is 5. The molecule has 0 bridgehead atoms. The van der Waals surface area contributed by atoms with Crippen LogP contribution in [-0.2, 0) is 0 Å². The summed E-state index contributed by atoms with van der Waals surface area (Å²) in [5.74, 6) is 0. The second kappa shape index (κ2) is 11.2. The normalized spacial score (nSPS) is 11.7. The van der Waals surface area contributed by atoms with E-state index < -0.39 is 0 Å². The van der Waals surface area contributed by atoms with Gasteiger partial charge in [0.15, 0.2) is 0 Å². The lowest BCUT2D eigenvalue weighted by atomic mass is 9.98. The van der Waals surface area contributed by atoms with Gasteiger partial charge in [-0.1, -0.05) is 121 Å². The summed E-state index contributed by atoms with van der Waals surface area (Å²) in [6, 6.07) is 63.3. The van der Waals surface area contributed by atoms with Crippen molar-refractivity contribution in [3.05, 3.63) is 176 Å². The largest absolute Gasteiger partial charge is 0.456 e. The average molecular weight is 644 g/mol. The van der Waals surface area contributed by atoms with E-state index in [-0.39, 0.29) is 0 Å². The molecule has 10 rings (SSSR count). The fraction of sp³-hybridized carbons (Fsp3) is 0. The summed E-state index contributed by atoms with van der Waals surface area (Å²) in [7, 11) is 0. The van der Waals surface area contributed by atoms with Gasteiger partial charge in [-0.15, -0.1) is 11.3 Å². The molecule has 0 aliphatic heterocycles. The lowest BCUT2D eigenvalue weighted by molar-refractivity contribution is 0.669.